The lowest BCUT2D eigenvalue weighted by Gasteiger charge is -2.75. The molecule has 0 amide bonds. The second kappa shape index (κ2) is 6.03. The molecule has 1 aromatic carbocycles. The Hall–Kier alpha value is -1.30. The first-order chi connectivity index (χ1) is 15.0. The molecule has 0 aromatic heterocycles. The normalized spacial score (nSPS) is 43.4. The van der Waals surface area contributed by atoms with Gasteiger partial charge in [-0.25, -0.2) is 0 Å². The SMILES string of the molecule is COc1ccc2c3c1O[C@@H]1C34CCN(C)C(C2)[C@]42CC[C@@]1(OC)[C@@H](C(C)(O)C(C)(C)C)C2. The predicted octanol–water partition coefficient (Wildman–Crippen LogP) is 3.94. The smallest absolute Gasteiger partial charge is 0.165 e. The van der Waals surface area contributed by atoms with Gasteiger partial charge in [-0.3, -0.25) is 0 Å². The Bertz CT molecular complexity index is 983. The minimum absolute atomic E-state index is 0.00253. The molecule has 6 aliphatic rings. The van der Waals surface area contributed by atoms with Crippen molar-refractivity contribution in [3.05, 3.63) is 23.3 Å². The predicted molar refractivity (Wildman–Crippen MR) is 123 cm³/mol. The van der Waals surface area contributed by atoms with Crippen molar-refractivity contribution in [2.45, 2.75) is 88.6 Å². The van der Waals surface area contributed by atoms with E-state index in [-0.39, 0.29) is 28.3 Å². The molecule has 4 aliphatic carbocycles. The van der Waals surface area contributed by atoms with Crippen LogP contribution < -0.4 is 9.47 Å². The Balaban J connectivity index is 1.65. The van der Waals surface area contributed by atoms with Crippen LogP contribution in [0.3, 0.4) is 0 Å². The van der Waals surface area contributed by atoms with Crippen LogP contribution >= 0.6 is 0 Å². The van der Waals surface area contributed by atoms with Gasteiger partial charge >= 0.3 is 0 Å². The monoisotopic (exact) mass is 441 g/mol. The third kappa shape index (κ3) is 2.01. The van der Waals surface area contributed by atoms with Crippen molar-refractivity contribution < 1.29 is 19.3 Å². The summed E-state index contributed by atoms with van der Waals surface area (Å²) < 4.78 is 19.4. The molecule has 0 radical (unpaired) electrons. The molecule has 2 aliphatic heterocycles. The summed E-state index contributed by atoms with van der Waals surface area (Å²) in [5, 5.41) is 12.1. The number of ether oxygens (including phenoxy) is 3. The van der Waals surface area contributed by atoms with Gasteiger partial charge in [0.2, 0.25) is 0 Å². The first-order valence-electron chi connectivity index (χ1n) is 12.3. The number of nitrogens with zero attached hydrogens (tertiary/aromatic N) is 1. The number of rotatable bonds is 3. The summed E-state index contributed by atoms with van der Waals surface area (Å²) in [5.74, 6) is 1.79. The van der Waals surface area contributed by atoms with E-state index in [1.807, 2.05) is 14.0 Å². The lowest BCUT2D eigenvalue weighted by atomic mass is 9.33. The standard InChI is InChI=1S/C27H39NO4/c1-23(2,3)24(4,29)18-15-25-10-11-27(18,31-7)22-26(25)12-13-28(5)19(25)14-16-8-9-17(30-6)21(32-22)20(16)26/h8-9,18-19,22,29H,10-15H2,1-7H3/t18-,19?,22-,24?,25-,26?,27-/m1/s1. The molecule has 3 saturated carbocycles. The fraction of sp³-hybridized carbons (Fsp3) is 0.778. The van der Waals surface area contributed by atoms with Crippen LogP contribution in [0.4, 0.5) is 0 Å². The number of fused-ring (bicyclic) bond motifs is 2. The van der Waals surface area contributed by atoms with Crippen LogP contribution in [0.25, 0.3) is 0 Å². The van der Waals surface area contributed by atoms with E-state index in [0.717, 1.165) is 50.1 Å². The Morgan fingerprint density at radius 3 is 2.53 bits per heavy atom. The number of hydrogen-bond donors (Lipinski definition) is 1. The van der Waals surface area contributed by atoms with E-state index in [0.29, 0.717) is 6.04 Å². The number of benzene rings is 1. The number of hydrogen-bond acceptors (Lipinski definition) is 5. The van der Waals surface area contributed by atoms with Gasteiger partial charge in [0, 0.05) is 35.5 Å². The highest BCUT2D eigenvalue weighted by molar-refractivity contribution is 5.63. The molecular formula is C27H39NO4. The summed E-state index contributed by atoms with van der Waals surface area (Å²) in [6.45, 7) is 9.59. The fourth-order valence-corrected chi connectivity index (χ4v) is 9.01. The molecule has 176 valence electrons. The van der Waals surface area contributed by atoms with Crippen LogP contribution in [0.15, 0.2) is 12.1 Å². The van der Waals surface area contributed by atoms with Gasteiger partial charge in [0.1, 0.15) is 11.7 Å². The quantitative estimate of drug-likeness (QED) is 0.770. The van der Waals surface area contributed by atoms with Gasteiger partial charge in [-0.2, -0.15) is 0 Å². The molecule has 7 atom stereocenters. The highest BCUT2D eigenvalue weighted by Crippen LogP contribution is 2.77. The van der Waals surface area contributed by atoms with Gasteiger partial charge in [0.15, 0.2) is 11.5 Å². The average Bonchev–Trinajstić information content (AvgIpc) is 3.12. The summed E-state index contributed by atoms with van der Waals surface area (Å²) in [7, 11) is 5.89. The molecule has 5 heteroatoms. The molecule has 4 fully saturated rings. The van der Waals surface area contributed by atoms with Crippen LogP contribution in [-0.4, -0.2) is 61.2 Å². The third-order valence-corrected chi connectivity index (χ3v) is 11.0. The van der Waals surface area contributed by atoms with Crippen molar-refractivity contribution in [3.8, 4) is 11.5 Å². The molecule has 1 aromatic rings. The maximum absolute atomic E-state index is 12.1. The number of aliphatic hydroxyl groups is 1. The van der Waals surface area contributed by atoms with Gasteiger partial charge in [-0.15, -0.1) is 0 Å². The van der Waals surface area contributed by atoms with Gasteiger partial charge in [-0.1, -0.05) is 26.8 Å². The van der Waals surface area contributed by atoms with Gasteiger partial charge < -0.3 is 24.2 Å². The maximum atomic E-state index is 12.1. The molecule has 2 heterocycles. The lowest BCUT2D eigenvalue weighted by molar-refractivity contribution is -0.311. The second-order valence-electron chi connectivity index (χ2n) is 12.5. The third-order valence-electron chi connectivity index (χ3n) is 11.0. The van der Waals surface area contributed by atoms with Gasteiger partial charge in [0.05, 0.1) is 12.7 Å². The van der Waals surface area contributed by atoms with Crippen molar-refractivity contribution in [1.29, 1.82) is 0 Å². The zero-order chi connectivity index (χ0) is 22.9. The van der Waals surface area contributed by atoms with Crippen LogP contribution in [0, 0.1) is 16.7 Å². The minimum Gasteiger partial charge on any atom is -0.493 e. The minimum atomic E-state index is -0.882. The van der Waals surface area contributed by atoms with Crippen molar-refractivity contribution in [2.75, 3.05) is 27.8 Å². The molecule has 2 spiro atoms. The topological polar surface area (TPSA) is 51.2 Å². The first kappa shape index (κ1) is 21.2. The number of piperidine rings is 1. The summed E-state index contributed by atoms with van der Waals surface area (Å²) >= 11 is 0. The van der Waals surface area contributed by atoms with Gasteiger partial charge in [-0.05, 0) is 69.7 Å². The molecule has 1 N–H and O–H groups in total. The molecule has 7 rings (SSSR count). The second-order valence-corrected chi connectivity index (χ2v) is 12.5. The molecule has 5 nitrogen and oxygen atoms in total. The highest BCUT2D eigenvalue weighted by atomic mass is 16.6. The fourth-order valence-electron chi connectivity index (χ4n) is 9.01. The first-order valence-corrected chi connectivity index (χ1v) is 12.3. The van der Waals surface area contributed by atoms with E-state index in [1.54, 1.807) is 7.11 Å². The van der Waals surface area contributed by atoms with Crippen molar-refractivity contribution in [1.82, 2.24) is 4.90 Å². The summed E-state index contributed by atoms with van der Waals surface area (Å²) in [6.07, 6.45) is 5.07. The Morgan fingerprint density at radius 2 is 1.88 bits per heavy atom. The van der Waals surface area contributed by atoms with Crippen LogP contribution in [0.2, 0.25) is 0 Å². The lowest BCUT2D eigenvalue weighted by Crippen LogP contribution is -2.83. The highest BCUT2D eigenvalue weighted by Gasteiger charge is 2.82. The molecule has 1 saturated heterocycles. The number of likely N-dealkylation sites (N-methyl/N-ethyl adjacent to an activating group) is 1. The molecule has 3 unspecified atom stereocenters. The van der Waals surface area contributed by atoms with E-state index < -0.39 is 11.2 Å². The van der Waals surface area contributed by atoms with E-state index >= 15 is 0 Å². The average molecular weight is 442 g/mol. The number of likely N-dealkylation sites (tertiary alicyclic amines) is 1. The summed E-state index contributed by atoms with van der Waals surface area (Å²) in [6, 6.07) is 4.82. The Kier molecular flexibility index (Phi) is 4.00. The van der Waals surface area contributed by atoms with Crippen molar-refractivity contribution >= 4 is 0 Å². The van der Waals surface area contributed by atoms with Crippen LogP contribution in [0.1, 0.15) is 64.5 Å². The molecule has 4 bridgehead atoms. The zero-order valence-corrected chi connectivity index (χ0v) is 20.7. The van der Waals surface area contributed by atoms with E-state index in [2.05, 4.69) is 44.9 Å². The molecule has 32 heavy (non-hydrogen) atoms. The van der Waals surface area contributed by atoms with Crippen molar-refractivity contribution in [2.24, 2.45) is 16.7 Å². The Morgan fingerprint density at radius 1 is 1.12 bits per heavy atom. The van der Waals surface area contributed by atoms with Gasteiger partial charge in [0.25, 0.3) is 0 Å². The van der Waals surface area contributed by atoms with Crippen LogP contribution in [0.5, 0.6) is 11.5 Å². The van der Waals surface area contributed by atoms with Crippen molar-refractivity contribution in [3.63, 3.8) is 0 Å². The summed E-state index contributed by atoms with van der Waals surface area (Å²) in [5.41, 5.74) is 1.17. The molecular weight excluding hydrogens is 402 g/mol. The zero-order valence-electron chi connectivity index (χ0n) is 20.7. The largest absolute Gasteiger partial charge is 0.493 e. The van der Waals surface area contributed by atoms with E-state index in [1.165, 1.54) is 11.1 Å². The Labute approximate surface area is 192 Å². The maximum Gasteiger partial charge on any atom is 0.165 e. The van der Waals surface area contributed by atoms with E-state index in [9.17, 15) is 5.11 Å². The van der Waals surface area contributed by atoms with E-state index in [4.69, 9.17) is 14.2 Å². The van der Waals surface area contributed by atoms with Crippen LogP contribution in [-0.2, 0) is 16.6 Å². The number of methoxy groups -OCH3 is 2. The summed E-state index contributed by atoms with van der Waals surface area (Å²) in [4.78, 5) is 2.60.